The molecule has 0 unspecified atom stereocenters. The quantitative estimate of drug-likeness (QED) is 0.875. The Labute approximate surface area is 123 Å². The summed E-state index contributed by atoms with van der Waals surface area (Å²) in [4.78, 5) is 22.8. The Morgan fingerprint density at radius 1 is 1.19 bits per heavy atom. The Bertz CT molecular complexity index is 622. The van der Waals surface area contributed by atoms with Crippen molar-refractivity contribution in [3.8, 4) is 0 Å². The number of fused-ring (bicyclic) bond motifs is 1. The molecular formula is C15H19N5O. The molecule has 1 amide bonds. The van der Waals surface area contributed by atoms with E-state index in [2.05, 4.69) is 25.5 Å². The molecule has 1 aromatic heterocycles. The van der Waals surface area contributed by atoms with E-state index in [1.807, 2.05) is 18.2 Å². The number of aromatic nitrogens is 2. The minimum atomic E-state index is 0.0140. The summed E-state index contributed by atoms with van der Waals surface area (Å²) in [5.41, 5.74) is 2.38. The van der Waals surface area contributed by atoms with Crippen molar-refractivity contribution < 1.29 is 4.79 Å². The van der Waals surface area contributed by atoms with Crippen molar-refractivity contribution in [2.45, 2.75) is 6.42 Å². The number of carbonyl (C=O) groups excluding carboxylic acids is 1. The molecule has 0 aliphatic carbocycles. The van der Waals surface area contributed by atoms with Gasteiger partial charge >= 0.3 is 0 Å². The molecule has 3 rings (SSSR count). The first kappa shape index (κ1) is 13.9. The summed E-state index contributed by atoms with van der Waals surface area (Å²) in [5.74, 6) is 0.0140. The SMILES string of the molecule is O=C(CN1CCCNCC1)Nc1ccc2nccnc2c1. The van der Waals surface area contributed by atoms with Gasteiger partial charge in [-0.15, -0.1) is 0 Å². The molecule has 2 aromatic rings. The van der Waals surface area contributed by atoms with E-state index in [0.29, 0.717) is 6.54 Å². The summed E-state index contributed by atoms with van der Waals surface area (Å²) < 4.78 is 0. The van der Waals surface area contributed by atoms with E-state index in [-0.39, 0.29) is 5.91 Å². The molecule has 0 atom stereocenters. The van der Waals surface area contributed by atoms with E-state index in [9.17, 15) is 4.79 Å². The van der Waals surface area contributed by atoms with Crippen LogP contribution in [0.4, 0.5) is 5.69 Å². The lowest BCUT2D eigenvalue weighted by Gasteiger charge is -2.18. The molecule has 2 N–H and O–H groups in total. The van der Waals surface area contributed by atoms with Crippen LogP contribution in [0.2, 0.25) is 0 Å². The molecule has 110 valence electrons. The van der Waals surface area contributed by atoms with Crippen molar-refractivity contribution in [2.24, 2.45) is 0 Å². The molecule has 1 aromatic carbocycles. The molecule has 1 fully saturated rings. The van der Waals surface area contributed by atoms with Crippen LogP contribution in [0.3, 0.4) is 0 Å². The molecule has 0 radical (unpaired) electrons. The first-order valence-electron chi connectivity index (χ1n) is 7.25. The highest BCUT2D eigenvalue weighted by Crippen LogP contribution is 2.14. The number of anilines is 1. The predicted octanol–water partition coefficient (Wildman–Crippen LogP) is 0.864. The van der Waals surface area contributed by atoms with Gasteiger partial charge in [-0.25, -0.2) is 0 Å². The zero-order valence-electron chi connectivity index (χ0n) is 11.9. The highest BCUT2D eigenvalue weighted by molar-refractivity contribution is 5.94. The fraction of sp³-hybridized carbons (Fsp3) is 0.400. The molecule has 2 heterocycles. The van der Waals surface area contributed by atoms with Crippen LogP contribution in [0.1, 0.15) is 6.42 Å². The Hall–Kier alpha value is -2.05. The van der Waals surface area contributed by atoms with Gasteiger partial charge in [-0.3, -0.25) is 19.7 Å². The standard InChI is InChI=1S/C15H19N5O/c21-15(11-20-8-1-4-16-7-9-20)19-12-2-3-13-14(10-12)18-6-5-17-13/h2-3,5-6,10,16H,1,4,7-9,11H2,(H,19,21). The Morgan fingerprint density at radius 2 is 2.05 bits per heavy atom. The normalized spacial score (nSPS) is 16.6. The van der Waals surface area contributed by atoms with Crippen LogP contribution in [0, 0.1) is 0 Å². The Kier molecular flexibility index (Phi) is 4.37. The van der Waals surface area contributed by atoms with Crippen molar-refractivity contribution in [3.63, 3.8) is 0 Å². The van der Waals surface area contributed by atoms with Crippen LogP contribution in [0.15, 0.2) is 30.6 Å². The lowest BCUT2D eigenvalue weighted by Crippen LogP contribution is -2.35. The van der Waals surface area contributed by atoms with Gasteiger partial charge in [0.05, 0.1) is 17.6 Å². The van der Waals surface area contributed by atoms with Gasteiger partial charge in [-0.1, -0.05) is 0 Å². The van der Waals surface area contributed by atoms with Crippen molar-refractivity contribution in [1.29, 1.82) is 0 Å². The largest absolute Gasteiger partial charge is 0.325 e. The fourth-order valence-corrected chi connectivity index (χ4v) is 2.50. The van der Waals surface area contributed by atoms with Gasteiger partial charge in [0.1, 0.15) is 0 Å². The van der Waals surface area contributed by atoms with E-state index in [0.717, 1.165) is 49.3 Å². The van der Waals surface area contributed by atoms with Crippen LogP contribution in [0.25, 0.3) is 11.0 Å². The fourth-order valence-electron chi connectivity index (χ4n) is 2.50. The van der Waals surface area contributed by atoms with Crippen molar-refractivity contribution >= 4 is 22.6 Å². The van der Waals surface area contributed by atoms with E-state index < -0.39 is 0 Å². The maximum atomic E-state index is 12.1. The van der Waals surface area contributed by atoms with Gasteiger partial charge in [0.25, 0.3) is 0 Å². The molecule has 1 aliphatic rings. The third-order valence-corrected chi connectivity index (χ3v) is 3.55. The summed E-state index contributed by atoms with van der Waals surface area (Å²) in [7, 11) is 0. The Balaban J connectivity index is 1.62. The molecule has 21 heavy (non-hydrogen) atoms. The number of nitrogens with zero attached hydrogens (tertiary/aromatic N) is 3. The number of benzene rings is 1. The van der Waals surface area contributed by atoms with Crippen LogP contribution in [-0.2, 0) is 4.79 Å². The van der Waals surface area contributed by atoms with Gasteiger partial charge in [0.2, 0.25) is 5.91 Å². The van der Waals surface area contributed by atoms with Gasteiger partial charge in [-0.2, -0.15) is 0 Å². The van der Waals surface area contributed by atoms with Gasteiger partial charge < -0.3 is 10.6 Å². The van der Waals surface area contributed by atoms with E-state index in [4.69, 9.17) is 0 Å². The lowest BCUT2D eigenvalue weighted by atomic mass is 10.2. The van der Waals surface area contributed by atoms with Gasteiger partial charge in [0, 0.05) is 31.2 Å². The highest BCUT2D eigenvalue weighted by Gasteiger charge is 2.12. The predicted molar refractivity (Wildman–Crippen MR) is 82.1 cm³/mol. The molecule has 0 spiro atoms. The molecule has 0 saturated carbocycles. The summed E-state index contributed by atoms with van der Waals surface area (Å²) in [6, 6.07) is 5.58. The summed E-state index contributed by atoms with van der Waals surface area (Å²) >= 11 is 0. The van der Waals surface area contributed by atoms with Crippen molar-refractivity contribution in [2.75, 3.05) is 38.0 Å². The maximum absolute atomic E-state index is 12.1. The van der Waals surface area contributed by atoms with Crippen molar-refractivity contribution in [1.82, 2.24) is 20.2 Å². The number of nitrogens with one attached hydrogen (secondary N) is 2. The lowest BCUT2D eigenvalue weighted by molar-refractivity contribution is -0.117. The van der Waals surface area contributed by atoms with Crippen LogP contribution >= 0.6 is 0 Å². The van der Waals surface area contributed by atoms with Gasteiger partial charge in [0.15, 0.2) is 0 Å². The minimum Gasteiger partial charge on any atom is -0.325 e. The third-order valence-electron chi connectivity index (χ3n) is 3.55. The van der Waals surface area contributed by atoms with Crippen LogP contribution in [-0.4, -0.2) is 53.5 Å². The van der Waals surface area contributed by atoms with E-state index in [1.54, 1.807) is 12.4 Å². The van der Waals surface area contributed by atoms with Crippen LogP contribution < -0.4 is 10.6 Å². The number of amides is 1. The average molecular weight is 285 g/mol. The number of rotatable bonds is 3. The molecular weight excluding hydrogens is 266 g/mol. The zero-order valence-corrected chi connectivity index (χ0v) is 11.9. The number of hydrogen-bond donors (Lipinski definition) is 2. The smallest absolute Gasteiger partial charge is 0.238 e. The second-order valence-corrected chi connectivity index (χ2v) is 5.19. The molecule has 1 aliphatic heterocycles. The Morgan fingerprint density at radius 3 is 2.95 bits per heavy atom. The molecule has 6 nitrogen and oxygen atoms in total. The van der Waals surface area contributed by atoms with Crippen molar-refractivity contribution in [3.05, 3.63) is 30.6 Å². The molecule has 1 saturated heterocycles. The summed E-state index contributed by atoms with van der Waals surface area (Å²) in [6.45, 7) is 4.28. The first-order chi connectivity index (χ1) is 10.3. The average Bonchev–Trinajstić information content (AvgIpc) is 2.75. The highest BCUT2D eigenvalue weighted by atomic mass is 16.2. The second kappa shape index (κ2) is 6.60. The van der Waals surface area contributed by atoms with E-state index >= 15 is 0 Å². The first-order valence-corrected chi connectivity index (χ1v) is 7.25. The topological polar surface area (TPSA) is 70.2 Å². The number of carbonyl (C=O) groups is 1. The second-order valence-electron chi connectivity index (χ2n) is 5.19. The van der Waals surface area contributed by atoms with E-state index in [1.165, 1.54) is 0 Å². The molecule has 0 bridgehead atoms. The minimum absolute atomic E-state index is 0.0140. The van der Waals surface area contributed by atoms with Crippen LogP contribution in [0.5, 0.6) is 0 Å². The summed E-state index contributed by atoms with van der Waals surface area (Å²) in [6.07, 6.45) is 4.39. The zero-order chi connectivity index (χ0) is 14.5. The monoisotopic (exact) mass is 285 g/mol. The molecule has 6 heteroatoms. The maximum Gasteiger partial charge on any atom is 0.238 e. The van der Waals surface area contributed by atoms with Gasteiger partial charge in [-0.05, 0) is 37.7 Å². The third kappa shape index (κ3) is 3.74. The number of hydrogen-bond acceptors (Lipinski definition) is 5. The summed E-state index contributed by atoms with van der Waals surface area (Å²) in [5, 5.41) is 6.26.